The van der Waals surface area contributed by atoms with Crippen LogP contribution in [0.1, 0.15) is 39.4 Å². The molecule has 2 fully saturated rings. The number of fused-ring (bicyclic) bond motifs is 5. The van der Waals surface area contributed by atoms with Crippen LogP contribution in [-0.2, 0) is 14.3 Å². The standard InChI is InChI=1S/C29H33FN8O5/c1-14-32-11-17(12-33-14)42-26-35-23-21(18-7-16(30)8-20(22(18)34-23)37(5)27(40)41-6)24(36-26)38-13-15-9-29(38,31)10-19(15)25(39)43-28(2,3)4/h7-8,11-12,15,19H,9-10,13,31H2,1-6H3,(H,34,35,36)/t15-,19+,29+/m0/s1. The Morgan fingerprint density at radius 1 is 1.19 bits per heavy atom. The van der Waals surface area contributed by atoms with E-state index in [-0.39, 0.29) is 29.5 Å². The number of hydrogen-bond donors (Lipinski definition) is 2. The minimum absolute atomic E-state index is 0.0140. The molecular weight excluding hydrogens is 559 g/mol. The van der Waals surface area contributed by atoms with Crippen molar-refractivity contribution in [3.63, 3.8) is 0 Å². The highest BCUT2D eigenvalue weighted by Gasteiger charge is 2.57. The van der Waals surface area contributed by atoms with Crippen LogP contribution in [0.2, 0.25) is 0 Å². The van der Waals surface area contributed by atoms with Crippen molar-refractivity contribution in [2.24, 2.45) is 17.6 Å². The maximum Gasteiger partial charge on any atom is 0.413 e. The van der Waals surface area contributed by atoms with Gasteiger partial charge in [-0.3, -0.25) is 9.69 Å². The summed E-state index contributed by atoms with van der Waals surface area (Å²) < 4.78 is 31.6. The van der Waals surface area contributed by atoms with Crippen LogP contribution in [0.3, 0.4) is 0 Å². The van der Waals surface area contributed by atoms with E-state index in [4.69, 9.17) is 24.9 Å². The predicted molar refractivity (Wildman–Crippen MR) is 155 cm³/mol. The maximum absolute atomic E-state index is 15.1. The van der Waals surface area contributed by atoms with Crippen LogP contribution in [0.15, 0.2) is 24.5 Å². The number of nitrogens with one attached hydrogen (secondary N) is 1. The van der Waals surface area contributed by atoms with Gasteiger partial charge in [0.1, 0.15) is 28.7 Å². The molecule has 4 heterocycles. The van der Waals surface area contributed by atoms with Crippen molar-refractivity contribution in [3.05, 3.63) is 36.2 Å². The summed E-state index contributed by atoms with van der Waals surface area (Å²) in [6.45, 7) is 7.68. The smallest absolute Gasteiger partial charge is 0.413 e. The first kappa shape index (κ1) is 28.5. The fourth-order valence-corrected chi connectivity index (χ4v) is 6.09. The van der Waals surface area contributed by atoms with E-state index in [9.17, 15) is 9.59 Å². The SMILES string of the molecule is COC(=O)N(C)c1cc(F)cc2c1[nH]c1nc(Oc3cnc(C)nc3)nc(N3C[C@@H]4C[C@]3(N)C[C@H]4C(=O)OC(C)(C)C)c12. The van der Waals surface area contributed by atoms with Gasteiger partial charge in [-0.05, 0) is 58.6 Å². The number of aromatic nitrogens is 5. The lowest BCUT2D eigenvalue weighted by molar-refractivity contribution is -0.161. The first-order chi connectivity index (χ1) is 20.3. The second-order valence-corrected chi connectivity index (χ2v) is 12.1. The van der Waals surface area contributed by atoms with Gasteiger partial charge in [-0.15, -0.1) is 0 Å². The molecule has 13 nitrogen and oxygen atoms in total. The summed E-state index contributed by atoms with van der Waals surface area (Å²) in [4.78, 5) is 49.5. The van der Waals surface area contributed by atoms with Gasteiger partial charge < -0.3 is 29.8 Å². The van der Waals surface area contributed by atoms with Gasteiger partial charge in [0, 0.05) is 19.0 Å². The molecule has 0 unspecified atom stereocenters. The van der Waals surface area contributed by atoms with Gasteiger partial charge >= 0.3 is 18.1 Å². The number of carbonyl (C=O) groups is 2. The van der Waals surface area contributed by atoms with Crippen LogP contribution in [0.25, 0.3) is 21.9 Å². The van der Waals surface area contributed by atoms with Gasteiger partial charge in [-0.1, -0.05) is 0 Å². The largest absolute Gasteiger partial charge is 0.460 e. The fraction of sp³-hybridized carbons (Fsp3) is 0.448. The second kappa shape index (κ2) is 10.0. The number of halogens is 1. The molecule has 43 heavy (non-hydrogen) atoms. The summed E-state index contributed by atoms with van der Waals surface area (Å²) in [5.74, 6) is 0.00963. The number of esters is 1. The average Bonchev–Trinajstić information content (AvgIpc) is 3.59. The molecule has 0 spiro atoms. The van der Waals surface area contributed by atoms with Crippen molar-refractivity contribution in [1.82, 2.24) is 24.9 Å². The topological polar surface area (TPSA) is 162 Å². The van der Waals surface area contributed by atoms with E-state index in [1.165, 1.54) is 43.6 Å². The number of aryl methyl sites for hydroxylation is 1. The lowest BCUT2D eigenvalue weighted by atomic mass is 9.93. The molecule has 226 valence electrons. The lowest BCUT2D eigenvalue weighted by Gasteiger charge is -2.39. The van der Waals surface area contributed by atoms with E-state index >= 15 is 4.39 Å². The molecule has 3 N–H and O–H groups in total. The zero-order valence-corrected chi connectivity index (χ0v) is 24.8. The Balaban J connectivity index is 1.49. The number of nitrogens with zero attached hydrogens (tertiary/aromatic N) is 6. The molecule has 6 rings (SSSR count). The van der Waals surface area contributed by atoms with Gasteiger partial charge in [0.05, 0.1) is 47.7 Å². The predicted octanol–water partition coefficient (Wildman–Crippen LogP) is 4.19. The molecule has 1 saturated heterocycles. The number of aromatic amines is 1. The van der Waals surface area contributed by atoms with Gasteiger partial charge in [-0.25, -0.2) is 19.2 Å². The highest BCUT2D eigenvalue weighted by Crippen LogP contribution is 2.51. The Hall–Kier alpha value is -4.59. The first-order valence-electron chi connectivity index (χ1n) is 13.9. The summed E-state index contributed by atoms with van der Waals surface area (Å²) in [7, 11) is 2.73. The van der Waals surface area contributed by atoms with E-state index in [0.29, 0.717) is 58.7 Å². The van der Waals surface area contributed by atoms with E-state index in [2.05, 4.69) is 19.9 Å². The highest BCUT2D eigenvalue weighted by atomic mass is 19.1. The van der Waals surface area contributed by atoms with Crippen molar-refractivity contribution in [3.8, 4) is 11.8 Å². The van der Waals surface area contributed by atoms with Crippen LogP contribution in [0.4, 0.5) is 20.7 Å². The van der Waals surface area contributed by atoms with Crippen LogP contribution < -0.4 is 20.3 Å². The van der Waals surface area contributed by atoms with Crippen molar-refractivity contribution in [2.45, 2.75) is 51.8 Å². The number of anilines is 2. The van der Waals surface area contributed by atoms with E-state index in [0.717, 1.165) is 0 Å². The van der Waals surface area contributed by atoms with Crippen molar-refractivity contribution >= 4 is 45.5 Å². The summed E-state index contributed by atoms with van der Waals surface area (Å²) in [5, 5.41) is 0.934. The molecule has 14 heteroatoms. The average molecular weight is 593 g/mol. The molecule has 1 amide bonds. The number of carbonyl (C=O) groups excluding carboxylic acids is 2. The monoisotopic (exact) mass is 592 g/mol. The van der Waals surface area contributed by atoms with Gasteiger partial charge in [-0.2, -0.15) is 9.97 Å². The molecule has 1 aliphatic carbocycles. The van der Waals surface area contributed by atoms with Crippen LogP contribution in [0.5, 0.6) is 11.8 Å². The molecule has 3 atom stereocenters. The third-order valence-corrected chi connectivity index (χ3v) is 7.92. The van der Waals surface area contributed by atoms with Gasteiger partial charge in [0.2, 0.25) is 0 Å². The van der Waals surface area contributed by atoms with Crippen LogP contribution in [-0.4, -0.2) is 68.9 Å². The van der Waals surface area contributed by atoms with Crippen molar-refractivity contribution in [2.75, 3.05) is 30.5 Å². The van der Waals surface area contributed by atoms with Crippen molar-refractivity contribution in [1.29, 1.82) is 0 Å². The Bertz CT molecular complexity index is 1750. The number of amides is 1. The summed E-state index contributed by atoms with van der Waals surface area (Å²) in [6.07, 6.45) is 3.23. The molecule has 2 aliphatic rings. The summed E-state index contributed by atoms with van der Waals surface area (Å²) in [5.41, 5.74) is 6.48. The Morgan fingerprint density at radius 2 is 1.91 bits per heavy atom. The van der Waals surface area contributed by atoms with E-state index < -0.39 is 23.2 Å². The Morgan fingerprint density at radius 3 is 2.53 bits per heavy atom. The van der Waals surface area contributed by atoms with E-state index in [1.54, 1.807) is 6.92 Å². The number of ether oxygens (including phenoxy) is 3. The van der Waals surface area contributed by atoms with Crippen LogP contribution in [0, 0.1) is 24.6 Å². The number of methoxy groups -OCH3 is 1. The van der Waals surface area contributed by atoms with Gasteiger partial charge in [0.25, 0.3) is 0 Å². The summed E-state index contributed by atoms with van der Waals surface area (Å²) >= 11 is 0. The molecule has 4 aromatic rings. The quantitative estimate of drug-likeness (QED) is 0.320. The molecule has 1 aromatic carbocycles. The second-order valence-electron chi connectivity index (χ2n) is 12.1. The molecule has 1 aliphatic heterocycles. The fourth-order valence-electron chi connectivity index (χ4n) is 6.09. The first-order valence-corrected chi connectivity index (χ1v) is 13.9. The van der Waals surface area contributed by atoms with Crippen LogP contribution >= 0.6 is 0 Å². The minimum atomic E-state index is -0.930. The Kier molecular flexibility index (Phi) is 6.64. The molecule has 2 bridgehead atoms. The number of H-pyrrole nitrogens is 1. The molecular formula is C29H33FN8O5. The summed E-state index contributed by atoms with van der Waals surface area (Å²) in [6, 6.07) is 2.57. The number of nitrogens with two attached hydrogens (primary N) is 1. The normalized spacial score (nSPS) is 21.4. The number of rotatable bonds is 5. The number of hydrogen-bond acceptors (Lipinski definition) is 11. The lowest BCUT2D eigenvalue weighted by Crippen LogP contribution is -2.55. The molecule has 3 aromatic heterocycles. The third-order valence-electron chi connectivity index (χ3n) is 7.92. The maximum atomic E-state index is 15.1. The van der Waals surface area contributed by atoms with E-state index in [1.807, 2.05) is 25.7 Å². The number of piperidine rings is 1. The molecule has 0 radical (unpaired) electrons. The minimum Gasteiger partial charge on any atom is -0.460 e. The number of benzene rings is 1. The van der Waals surface area contributed by atoms with Crippen molar-refractivity contribution < 1.29 is 28.2 Å². The molecule has 1 saturated carbocycles. The third kappa shape index (κ3) is 5.05. The highest BCUT2D eigenvalue weighted by molar-refractivity contribution is 6.16. The zero-order chi connectivity index (χ0) is 30.8. The Labute approximate surface area is 246 Å². The van der Waals surface area contributed by atoms with Gasteiger partial charge in [0.15, 0.2) is 5.75 Å². The zero-order valence-electron chi connectivity index (χ0n) is 24.8.